The van der Waals surface area contributed by atoms with Crippen molar-refractivity contribution in [3.63, 3.8) is 0 Å². The van der Waals surface area contributed by atoms with Gasteiger partial charge in [0.15, 0.2) is 0 Å². The summed E-state index contributed by atoms with van der Waals surface area (Å²) in [5.74, 6) is 1.23. The van der Waals surface area contributed by atoms with Crippen molar-refractivity contribution in [2.45, 2.75) is 50.5 Å². The highest BCUT2D eigenvalue weighted by molar-refractivity contribution is 5.77. The van der Waals surface area contributed by atoms with E-state index in [9.17, 15) is 0 Å². The number of hydrogen-bond acceptors (Lipinski definition) is 5. The SMILES string of the molecule is Nc1cc(C(CCCC2CCc3ccccc32)c2cnn(Cc3ccccc3)c2)c2n[nH]nc2n1. The average Bonchev–Trinajstić information content (AvgIpc) is 3.62. The summed E-state index contributed by atoms with van der Waals surface area (Å²) >= 11 is 0. The molecule has 2 unspecified atom stereocenters. The maximum Gasteiger partial charge on any atom is 0.203 e. The molecule has 35 heavy (non-hydrogen) atoms. The molecule has 176 valence electrons. The summed E-state index contributed by atoms with van der Waals surface area (Å²) < 4.78 is 2.01. The van der Waals surface area contributed by atoms with E-state index < -0.39 is 0 Å². The molecule has 0 amide bonds. The number of pyridine rings is 1. The molecular weight excluding hydrogens is 434 g/mol. The number of aromatic amines is 1. The van der Waals surface area contributed by atoms with E-state index in [4.69, 9.17) is 5.73 Å². The molecule has 1 aliphatic carbocycles. The Morgan fingerprint density at radius 2 is 1.91 bits per heavy atom. The standard InChI is InChI=1S/C28H29N7/c29-26-15-25(27-28(31-26)33-34-32-27)24(12-6-10-21-14-13-20-9-4-5-11-23(20)21)22-16-30-35(18-22)17-19-7-2-1-3-8-19/h1-5,7-9,11,15-16,18,21,24H,6,10,12-14,17H2,(H3,29,31,32,33,34). The number of fused-ring (bicyclic) bond motifs is 2. The Morgan fingerprint density at radius 1 is 1.06 bits per heavy atom. The third kappa shape index (κ3) is 4.41. The van der Waals surface area contributed by atoms with Crippen LogP contribution in [0.5, 0.6) is 0 Å². The van der Waals surface area contributed by atoms with Gasteiger partial charge in [0, 0.05) is 12.1 Å². The van der Waals surface area contributed by atoms with Crippen molar-refractivity contribution >= 4 is 17.0 Å². The number of anilines is 1. The lowest BCUT2D eigenvalue weighted by Gasteiger charge is -2.18. The fraction of sp³-hybridized carbons (Fsp3) is 0.286. The summed E-state index contributed by atoms with van der Waals surface area (Å²) in [4.78, 5) is 4.35. The van der Waals surface area contributed by atoms with E-state index in [0.717, 1.165) is 30.5 Å². The van der Waals surface area contributed by atoms with Gasteiger partial charge >= 0.3 is 0 Å². The zero-order valence-electron chi connectivity index (χ0n) is 19.6. The first-order valence-electron chi connectivity index (χ1n) is 12.4. The van der Waals surface area contributed by atoms with E-state index in [1.165, 1.54) is 41.5 Å². The Morgan fingerprint density at radius 3 is 2.83 bits per heavy atom. The number of nitrogens with zero attached hydrogens (tertiary/aromatic N) is 5. The van der Waals surface area contributed by atoms with Crippen LogP contribution in [0.3, 0.4) is 0 Å². The van der Waals surface area contributed by atoms with Crippen molar-refractivity contribution in [1.82, 2.24) is 30.2 Å². The Balaban J connectivity index is 1.27. The second-order valence-corrected chi connectivity index (χ2v) is 9.51. The fourth-order valence-corrected chi connectivity index (χ4v) is 5.58. The van der Waals surface area contributed by atoms with Gasteiger partial charge in [0.1, 0.15) is 11.3 Å². The Kier molecular flexibility index (Phi) is 5.74. The van der Waals surface area contributed by atoms with Crippen molar-refractivity contribution in [3.8, 4) is 0 Å². The Bertz CT molecular complexity index is 1440. The van der Waals surface area contributed by atoms with Crippen LogP contribution in [0, 0.1) is 0 Å². The quantitative estimate of drug-likeness (QED) is 0.329. The van der Waals surface area contributed by atoms with Crippen molar-refractivity contribution in [3.05, 3.63) is 101 Å². The molecule has 3 N–H and O–H groups in total. The van der Waals surface area contributed by atoms with Crippen LogP contribution in [0.15, 0.2) is 73.1 Å². The summed E-state index contributed by atoms with van der Waals surface area (Å²) in [5, 5.41) is 16.0. The molecule has 3 heterocycles. The predicted molar refractivity (Wildman–Crippen MR) is 137 cm³/mol. The second-order valence-electron chi connectivity index (χ2n) is 9.51. The highest BCUT2D eigenvalue weighted by Gasteiger charge is 2.25. The topological polar surface area (TPSA) is 98.3 Å². The third-order valence-corrected chi connectivity index (χ3v) is 7.26. The molecule has 0 radical (unpaired) electrons. The first-order valence-corrected chi connectivity index (χ1v) is 12.4. The summed E-state index contributed by atoms with van der Waals surface area (Å²) in [5.41, 5.74) is 14.0. The van der Waals surface area contributed by atoms with Gasteiger partial charge in [-0.25, -0.2) is 4.98 Å². The average molecular weight is 464 g/mol. The molecular formula is C28H29N7. The number of nitrogen functional groups attached to an aromatic ring is 1. The molecule has 0 bridgehead atoms. The molecule has 3 aromatic heterocycles. The minimum atomic E-state index is 0.120. The van der Waals surface area contributed by atoms with Gasteiger partial charge in [-0.3, -0.25) is 4.68 Å². The number of nitrogens with two attached hydrogens (primary N) is 1. The van der Waals surface area contributed by atoms with Gasteiger partial charge in [0.25, 0.3) is 0 Å². The van der Waals surface area contributed by atoms with Crippen LogP contribution >= 0.6 is 0 Å². The summed E-state index contributed by atoms with van der Waals surface area (Å²) in [6.07, 6.45) is 9.85. The first-order chi connectivity index (χ1) is 17.2. The van der Waals surface area contributed by atoms with E-state index in [0.29, 0.717) is 17.4 Å². The van der Waals surface area contributed by atoms with Crippen molar-refractivity contribution in [2.24, 2.45) is 0 Å². The summed E-state index contributed by atoms with van der Waals surface area (Å²) in [7, 11) is 0. The van der Waals surface area contributed by atoms with Crippen LogP contribution < -0.4 is 5.73 Å². The van der Waals surface area contributed by atoms with E-state index in [-0.39, 0.29) is 5.92 Å². The van der Waals surface area contributed by atoms with Crippen molar-refractivity contribution in [2.75, 3.05) is 5.73 Å². The van der Waals surface area contributed by atoms with E-state index in [1.54, 1.807) is 0 Å². The number of nitrogens with one attached hydrogen (secondary N) is 1. The summed E-state index contributed by atoms with van der Waals surface area (Å²) in [6.45, 7) is 0.740. The Labute approximate surface area is 204 Å². The van der Waals surface area contributed by atoms with Gasteiger partial charge in [-0.1, -0.05) is 61.0 Å². The molecule has 0 aliphatic heterocycles. The minimum Gasteiger partial charge on any atom is -0.384 e. The van der Waals surface area contributed by atoms with Crippen LogP contribution in [-0.4, -0.2) is 30.2 Å². The molecule has 2 atom stereocenters. The van der Waals surface area contributed by atoms with Gasteiger partial charge in [-0.05, 0) is 65.5 Å². The lowest BCUT2D eigenvalue weighted by Crippen LogP contribution is -2.06. The number of rotatable bonds is 8. The number of H-pyrrole nitrogens is 1. The van der Waals surface area contributed by atoms with Gasteiger partial charge in [0.2, 0.25) is 5.65 Å². The van der Waals surface area contributed by atoms with Crippen molar-refractivity contribution in [1.29, 1.82) is 0 Å². The summed E-state index contributed by atoms with van der Waals surface area (Å²) in [6, 6.07) is 21.3. The smallest absolute Gasteiger partial charge is 0.203 e. The van der Waals surface area contributed by atoms with Crippen LogP contribution in [0.2, 0.25) is 0 Å². The van der Waals surface area contributed by atoms with Crippen LogP contribution in [0.1, 0.15) is 65.3 Å². The zero-order chi connectivity index (χ0) is 23.6. The maximum absolute atomic E-state index is 6.17. The molecule has 0 saturated heterocycles. The Hall–Kier alpha value is -4.00. The molecule has 5 aromatic rings. The lowest BCUT2D eigenvalue weighted by atomic mass is 9.86. The molecule has 7 heteroatoms. The molecule has 7 nitrogen and oxygen atoms in total. The van der Waals surface area contributed by atoms with Gasteiger partial charge in [-0.15, -0.1) is 5.10 Å². The second kappa shape index (κ2) is 9.33. The number of aryl methyl sites for hydroxylation is 1. The zero-order valence-corrected chi connectivity index (χ0v) is 19.6. The molecule has 2 aromatic carbocycles. The van der Waals surface area contributed by atoms with E-state index in [1.807, 2.05) is 23.0 Å². The number of hydrogen-bond donors (Lipinski definition) is 2. The van der Waals surface area contributed by atoms with Gasteiger partial charge in [-0.2, -0.15) is 15.4 Å². The normalized spacial score (nSPS) is 15.9. The van der Waals surface area contributed by atoms with Crippen LogP contribution in [0.25, 0.3) is 11.2 Å². The molecule has 6 rings (SSSR count). The monoisotopic (exact) mass is 463 g/mol. The first kappa shape index (κ1) is 21.5. The maximum atomic E-state index is 6.17. The highest BCUT2D eigenvalue weighted by atomic mass is 15.3. The molecule has 0 spiro atoms. The minimum absolute atomic E-state index is 0.120. The van der Waals surface area contributed by atoms with E-state index >= 15 is 0 Å². The van der Waals surface area contributed by atoms with E-state index in [2.05, 4.69) is 80.2 Å². The molecule has 0 fully saturated rings. The largest absolute Gasteiger partial charge is 0.384 e. The molecule has 0 saturated carbocycles. The van der Waals surface area contributed by atoms with Crippen LogP contribution in [-0.2, 0) is 13.0 Å². The highest BCUT2D eigenvalue weighted by Crippen LogP contribution is 2.39. The molecule has 1 aliphatic rings. The lowest BCUT2D eigenvalue weighted by molar-refractivity contribution is 0.547. The van der Waals surface area contributed by atoms with Crippen LogP contribution in [0.4, 0.5) is 5.82 Å². The fourth-order valence-electron chi connectivity index (χ4n) is 5.58. The number of aromatic nitrogens is 6. The van der Waals surface area contributed by atoms with Gasteiger partial charge in [0.05, 0.1) is 12.7 Å². The number of benzene rings is 2. The third-order valence-electron chi connectivity index (χ3n) is 7.26. The van der Waals surface area contributed by atoms with Crippen molar-refractivity contribution < 1.29 is 0 Å². The predicted octanol–water partition coefficient (Wildman–Crippen LogP) is 5.21. The van der Waals surface area contributed by atoms with Gasteiger partial charge < -0.3 is 5.73 Å².